The van der Waals surface area contributed by atoms with Crippen LogP contribution < -0.4 is 4.90 Å². The maximum absolute atomic E-state index is 11.4. The van der Waals surface area contributed by atoms with Gasteiger partial charge in [0.25, 0.3) is 0 Å². The van der Waals surface area contributed by atoms with Crippen molar-refractivity contribution in [3.63, 3.8) is 0 Å². The molecule has 0 spiro atoms. The maximum Gasteiger partial charge on any atom is 0.153 e. The van der Waals surface area contributed by atoms with Crippen LogP contribution in [-0.2, 0) is 0 Å². The Balaban J connectivity index is 1.88. The number of anilines is 1. The highest BCUT2D eigenvalue weighted by atomic mass is 16.3. The molecule has 1 aromatic carbocycles. The summed E-state index contributed by atoms with van der Waals surface area (Å²) in [6.07, 6.45) is 0.884. The summed E-state index contributed by atoms with van der Waals surface area (Å²) in [5.41, 5.74) is 1.56. The Morgan fingerprint density at radius 2 is 1.95 bits per heavy atom. The first-order valence-corrected chi connectivity index (χ1v) is 7.25. The predicted molar refractivity (Wildman–Crippen MR) is 82.9 cm³/mol. The summed E-state index contributed by atoms with van der Waals surface area (Å²) in [7, 11) is 0. The van der Waals surface area contributed by atoms with Gasteiger partial charge in [-0.15, -0.1) is 0 Å². The van der Waals surface area contributed by atoms with Crippen LogP contribution in [0.5, 0.6) is 0 Å². The molecule has 0 radical (unpaired) electrons. The highest BCUT2D eigenvalue weighted by Gasteiger charge is 2.20. The largest absolute Gasteiger partial charge is 0.395 e. The monoisotopic (exact) mass is 285 g/mol. The van der Waals surface area contributed by atoms with Gasteiger partial charge in [-0.2, -0.15) is 0 Å². The zero-order valence-corrected chi connectivity index (χ0v) is 11.9. The highest BCUT2D eigenvalue weighted by Crippen LogP contribution is 2.23. The zero-order chi connectivity index (χ0) is 14.7. The lowest BCUT2D eigenvalue weighted by molar-refractivity contribution is 0.112. The van der Waals surface area contributed by atoms with Crippen molar-refractivity contribution in [1.29, 1.82) is 0 Å². The van der Waals surface area contributed by atoms with Crippen LogP contribution >= 0.6 is 0 Å². The molecule has 0 saturated carbocycles. The van der Waals surface area contributed by atoms with Gasteiger partial charge in [0.15, 0.2) is 6.29 Å². The molecule has 0 atom stereocenters. The third kappa shape index (κ3) is 2.89. The van der Waals surface area contributed by atoms with E-state index in [1.54, 1.807) is 0 Å². The molecule has 5 heteroatoms. The molecule has 1 aliphatic heterocycles. The number of hydrogen-bond donors (Lipinski definition) is 1. The predicted octanol–water partition coefficient (Wildman–Crippen LogP) is 1.16. The number of nitrogens with zero attached hydrogens (tertiary/aromatic N) is 3. The van der Waals surface area contributed by atoms with Crippen molar-refractivity contribution in [2.45, 2.75) is 0 Å². The highest BCUT2D eigenvalue weighted by molar-refractivity contribution is 5.91. The fourth-order valence-electron chi connectivity index (χ4n) is 2.79. The molecule has 1 saturated heterocycles. The van der Waals surface area contributed by atoms with Gasteiger partial charge in [-0.05, 0) is 12.1 Å². The van der Waals surface area contributed by atoms with E-state index >= 15 is 0 Å². The molecule has 0 amide bonds. The average Bonchev–Trinajstić information content (AvgIpc) is 2.54. The molecule has 1 fully saturated rings. The van der Waals surface area contributed by atoms with Gasteiger partial charge in [-0.1, -0.05) is 18.2 Å². The van der Waals surface area contributed by atoms with Gasteiger partial charge >= 0.3 is 0 Å². The normalized spacial score (nSPS) is 16.3. The topological polar surface area (TPSA) is 56.7 Å². The van der Waals surface area contributed by atoms with E-state index < -0.39 is 0 Å². The fourth-order valence-corrected chi connectivity index (χ4v) is 2.79. The molecule has 0 bridgehead atoms. The summed E-state index contributed by atoms with van der Waals surface area (Å²) >= 11 is 0. The molecule has 21 heavy (non-hydrogen) atoms. The van der Waals surface area contributed by atoms with Crippen molar-refractivity contribution in [2.75, 3.05) is 44.2 Å². The molecule has 1 aliphatic rings. The molecule has 0 unspecified atom stereocenters. The van der Waals surface area contributed by atoms with E-state index in [-0.39, 0.29) is 6.61 Å². The SMILES string of the molecule is O=Cc1cc2ccccc2nc1N1CCN(CCO)CC1. The van der Waals surface area contributed by atoms with Crippen LogP contribution in [0.25, 0.3) is 10.9 Å². The van der Waals surface area contributed by atoms with Crippen LogP contribution in [0, 0.1) is 0 Å². The number of β-amino-alcohol motifs (C(OH)–C–C–N with tert-alkyl or cyclic N) is 1. The van der Waals surface area contributed by atoms with Crippen LogP contribution in [-0.4, -0.2) is 60.6 Å². The summed E-state index contributed by atoms with van der Waals surface area (Å²) in [5, 5.41) is 9.98. The summed E-state index contributed by atoms with van der Waals surface area (Å²) < 4.78 is 0. The Morgan fingerprint density at radius 1 is 1.19 bits per heavy atom. The van der Waals surface area contributed by atoms with E-state index in [1.807, 2.05) is 30.3 Å². The number of aliphatic hydroxyl groups is 1. The number of aromatic nitrogens is 1. The number of aliphatic hydroxyl groups excluding tert-OH is 1. The molecule has 5 nitrogen and oxygen atoms in total. The van der Waals surface area contributed by atoms with E-state index in [2.05, 4.69) is 14.8 Å². The second-order valence-electron chi connectivity index (χ2n) is 5.26. The minimum atomic E-state index is 0.188. The van der Waals surface area contributed by atoms with Crippen molar-refractivity contribution in [1.82, 2.24) is 9.88 Å². The molecule has 3 rings (SSSR count). The third-order valence-electron chi connectivity index (χ3n) is 3.95. The number of rotatable bonds is 4. The number of pyridine rings is 1. The molecule has 1 aromatic heterocycles. The molecule has 2 aromatic rings. The molecule has 110 valence electrons. The fraction of sp³-hybridized carbons (Fsp3) is 0.375. The molecular formula is C16H19N3O2. The van der Waals surface area contributed by atoms with Crippen molar-refractivity contribution < 1.29 is 9.90 Å². The Hall–Kier alpha value is -1.98. The van der Waals surface area contributed by atoms with Gasteiger partial charge in [0.05, 0.1) is 17.7 Å². The van der Waals surface area contributed by atoms with Gasteiger partial charge in [0, 0.05) is 38.1 Å². The van der Waals surface area contributed by atoms with E-state index in [0.29, 0.717) is 12.1 Å². The van der Waals surface area contributed by atoms with Crippen molar-refractivity contribution >= 4 is 23.0 Å². The van der Waals surface area contributed by atoms with Crippen LogP contribution in [0.15, 0.2) is 30.3 Å². The Morgan fingerprint density at radius 3 is 2.67 bits per heavy atom. The number of hydrogen-bond acceptors (Lipinski definition) is 5. The molecule has 1 N–H and O–H groups in total. The van der Waals surface area contributed by atoms with Crippen LogP contribution in [0.3, 0.4) is 0 Å². The maximum atomic E-state index is 11.4. The Kier molecular flexibility index (Phi) is 4.13. The molecular weight excluding hydrogens is 266 g/mol. The lowest BCUT2D eigenvalue weighted by Gasteiger charge is -2.35. The molecule has 0 aliphatic carbocycles. The number of benzene rings is 1. The van der Waals surface area contributed by atoms with E-state index in [9.17, 15) is 4.79 Å². The number of carbonyl (C=O) groups excluding carboxylic acids is 1. The smallest absolute Gasteiger partial charge is 0.153 e. The summed E-state index contributed by atoms with van der Waals surface area (Å²) in [5.74, 6) is 0.771. The van der Waals surface area contributed by atoms with Crippen LogP contribution in [0.4, 0.5) is 5.82 Å². The first kappa shape index (κ1) is 14.0. The van der Waals surface area contributed by atoms with E-state index in [1.165, 1.54) is 0 Å². The van der Waals surface area contributed by atoms with E-state index in [4.69, 9.17) is 5.11 Å². The van der Waals surface area contributed by atoms with Crippen LogP contribution in [0.1, 0.15) is 10.4 Å². The number of para-hydroxylation sites is 1. The quantitative estimate of drug-likeness (QED) is 0.854. The van der Waals surface area contributed by atoms with Gasteiger partial charge in [0.2, 0.25) is 0 Å². The number of carbonyl (C=O) groups is 1. The minimum absolute atomic E-state index is 0.188. The molecule has 2 heterocycles. The first-order chi connectivity index (χ1) is 10.3. The number of fused-ring (bicyclic) bond motifs is 1. The minimum Gasteiger partial charge on any atom is -0.395 e. The Bertz CT molecular complexity index is 636. The van der Waals surface area contributed by atoms with Crippen molar-refractivity contribution in [3.05, 3.63) is 35.9 Å². The van der Waals surface area contributed by atoms with Gasteiger partial charge in [-0.25, -0.2) is 4.98 Å². The third-order valence-corrected chi connectivity index (χ3v) is 3.95. The lowest BCUT2D eigenvalue weighted by Crippen LogP contribution is -2.47. The van der Waals surface area contributed by atoms with Gasteiger partial charge in [-0.3, -0.25) is 9.69 Å². The lowest BCUT2D eigenvalue weighted by atomic mass is 10.1. The Labute approximate surface area is 123 Å². The summed E-state index contributed by atoms with van der Waals surface area (Å²) in [6, 6.07) is 9.75. The second-order valence-corrected chi connectivity index (χ2v) is 5.26. The van der Waals surface area contributed by atoms with Gasteiger partial charge < -0.3 is 10.0 Å². The van der Waals surface area contributed by atoms with Crippen molar-refractivity contribution in [3.8, 4) is 0 Å². The summed E-state index contributed by atoms with van der Waals surface area (Å²) in [4.78, 5) is 20.4. The van der Waals surface area contributed by atoms with Gasteiger partial charge in [0.1, 0.15) is 5.82 Å². The average molecular weight is 285 g/mol. The second kappa shape index (κ2) is 6.20. The first-order valence-electron chi connectivity index (χ1n) is 7.25. The van der Waals surface area contributed by atoms with Crippen LogP contribution in [0.2, 0.25) is 0 Å². The standard InChI is InChI=1S/C16H19N3O2/c20-10-9-18-5-7-19(8-6-18)16-14(12-21)11-13-3-1-2-4-15(13)17-16/h1-4,11-12,20H,5-10H2. The zero-order valence-electron chi connectivity index (χ0n) is 11.9. The number of piperazine rings is 1. The van der Waals surface area contributed by atoms with E-state index in [0.717, 1.165) is 49.2 Å². The van der Waals surface area contributed by atoms with Crippen molar-refractivity contribution in [2.24, 2.45) is 0 Å². The summed E-state index contributed by atoms with van der Waals surface area (Å²) in [6.45, 7) is 4.31. The number of aldehydes is 1.